The molecule has 0 saturated carbocycles. The first-order valence-corrected chi connectivity index (χ1v) is 6.17. The van der Waals surface area contributed by atoms with Gasteiger partial charge in [-0.05, 0) is 24.3 Å². The topological polar surface area (TPSA) is 38.3 Å². The van der Waals surface area contributed by atoms with E-state index in [0.717, 1.165) is 17.7 Å². The van der Waals surface area contributed by atoms with Gasteiger partial charge in [-0.15, -0.1) is 0 Å². The summed E-state index contributed by atoms with van der Waals surface area (Å²) in [4.78, 5) is 11.7. The van der Waals surface area contributed by atoms with Crippen LogP contribution in [0.2, 0.25) is 0 Å². The molecular formula is C16H13F2NO2. The second-order valence-corrected chi connectivity index (χ2v) is 4.19. The number of halogens is 2. The number of hydrogen-bond donors (Lipinski definition) is 1. The van der Waals surface area contributed by atoms with Crippen molar-refractivity contribution in [2.24, 2.45) is 0 Å². The molecule has 0 bridgehead atoms. The molecule has 0 spiro atoms. The van der Waals surface area contributed by atoms with Gasteiger partial charge in [0.2, 0.25) is 5.91 Å². The molecule has 0 unspecified atom stereocenters. The van der Waals surface area contributed by atoms with Crippen LogP contribution in [-0.2, 0) is 4.79 Å². The van der Waals surface area contributed by atoms with E-state index in [9.17, 15) is 13.6 Å². The van der Waals surface area contributed by atoms with Crippen LogP contribution in [0, 0.1) is 11.6 Å². The highest BCUT2D eigenvalue weighted by molar-refractivity contribution is 6.02. The predicted molar refractivity (Wildman–Crippen MR) is 77.0 cm³/mol. The van der Waals surface area contributed by atoms with Gasteiger partial charge in [-0.1, -0.05) is 18.2 Å². The first-order chi connectivity index (χ1) is 10.1. The van der Waals surface area contributed by atoms with Gasteiger partial charge in [0.15, 0.2) is 11.6 Å². The van der Waals surface area contributed by atoms with E-state index >= 15 is 0 Å². The molecule has 3 nitrogen and oxygen atoms in total. The molecule has 0 saturated heterocycles. The number of methoxy groups -OCH3 is 1. The summed E-state index contributed by atoms with van der Waals surface area (Å²) in [6, 6.07) is 10.4. The lowest BCUT2D eigenvalue weighted by molar-refractivity contribution is -0.111. The minimum Gasteiger partial charge on any atom is -0.496 e. The Balaban J connectivity index is 2.07. The summed E-state index contributed by atoms with van der Waals surface area (Å²) in [6.45, 7) is 0. The molecule has 108 valence electrons. The highest BCUT2D eigenvalue weighted by Crippen LogP contribution is 2.19. The van der Waals surface area contributed by atoms with Gasteiger partial charge in [0.05, 0.1) is 7.11 Å². The Bertz CT molecular complexity index is 684. The lowest BCUT2D eigenvalue weighted by Gasteiger charge is -2.04. The van der Waals surface area contributed by atoms with Gasteiger partial charge in [0, 0.05) is 23.4 Å². The molecule has 2 aromatic carbocycles. The number of carbonyl (C=O) groups is 1. The monoisotopic (exact) mass is 289 g/mol. The van der Waals surface area contributed by atoms with Crippen molar-refractivity contribution in [1.29, 1.82) is 0 Å². The molecule has 0 aliphatic heterocycles. The third-order valence-electron chi connectivity index (χ3n) is 2.74. The zero-order chi connectivity index (χ0) is 15.2. The van der Waals surface area contributed by atoms with Crippen LogP contribution >= 0.6 is 0 Å². The molecule has 0 aliphatic carbocycles. The minimum absolute atomic E-state index is 0.184. The fourth-order valence-electron chi connectivity index (χ4n) is 1.73. The summed E-state index contributed by atoms with van der Waals surface area (Å²) in [5.74, 6) is -1.79. The van der Waals surface area contributed by atoms with E-state index in [1.165, 1.54) is 19.3 Å². The van der Waals surface area contributed by atoms with E-state index in [-0.39, 0.29) is 5.69 Å². The van der Waals surface area contributed by atoms with Crippen LogP contribution < -0.4 is 10.1 Å². The summed E-state index contributed by atoms with van der Waals surface area (Å²) in [5.41, 5.74) is 0.920. The average molecular weight is 289 g/mol. The van der Waals surface area contributed by atoms with Gasteiger partial charge in [-0.3, -0.25) is 4.79 Å². The number of anilines is 1. The van der Waals surface area contributed by atoms with E-state index < -0.39 is 17.5 Å². The van der Waals surface area contributed by atoms with Gasteiger partial charge in [0.1, 0.15) is 5.75 Å². The van der Waals surface area contributed by atoms with Crippen molar-refractivity contribution in [3.8, 4) is 5.75 Å². The van der Waals surface area contributed by atoms with E-state index in [0.29, 0.717) is 5.75 Å². The predicted octanol–water partition coefficient (Wildman–Crippen LogP) is 3.63. The molecule has 0 aliphatic rings. The molecular weight excluding hydrogens is 276 g/mol. The molecule has 0 aromatic heterocycles. The third kappa shape index (κ3) is 3.89. The molecule has 2 rings (SSSR count). The SMILES string of the molecule is COc1ccccc1/C=C/C(=O)Nc1ccc(F)c(F)c1. The van der Waals surface area contributed by atoms with Crippen LogP contribution in [0.25, 0.3) is 6.08 Å². The third-order valence-corrected chi connectivity index (χ3v) is 2.74. The van der Waals surface area contributed by atoms with Crippen molar-refractivity contribution < 1.29 is 18.3 Å². The molecule has 1 amide bonds. The fourth-order valence-corrected chi connectivity index (χ4v) is 1.73. The Morgan fingerprint density at radius 2 is 1.90 bits per heavy atom. The quantitative estimate of drug-likeness (QED) is 0.873. The van der Waals surface area contributed by atoms with Crippen molar-refractivity contribution >= 4 is 17.7 Å². The molecule has 0 heterocycles. The summed E-state index contributed by atoms with van der Waals surface area (Å²) in [7, 11) is 1.54. The Kier molecular flexibility index (Phi) is 4.66. The standard InChI is InChI=1S/C16H13F2NO2/c1-21-15-5-3-2-4-11(15)6-9-16(20)19-12-7-8-13(17)14(18)10-12/h2-10H,1H3,(H,19,20)/b9-6+. The van der Waals surface area contributed by atoms with Gasteiger partial charge in [-0.2, -0.15) is 0 Å². The van der Waals surface area contributed by atoms with Gasteiger partial charge < -0.3 is 10.1 Å². The Morgan fingerprint density at radius 3 is 2.62 bits per heavy atom. The zero-order valence-corrected chi connectivity index (χ0v) is 11.3. The van der Waals surface area contributed by atoms with Crippen molar-refractivity contribution in [2.75, 3.05) is 12.4 Å². The van der Waals surface area contributed by atoms with Crippen molar-refractivity contribution in [3.05, 3.63) is 65.7 Å². The van der Waals surface area contributed by atoms with E-state index in [1.807, 2.05) is 12.1 Å². The molecule has 5 heteroatoms. The Labute approximate surface area is 120 Å². The number of rotatable bonds is 4. The first-order valence-electron chi connectivity index (χ1n) is 6.17. The van der Waals surface area contributed by atoms with E-state index in [4.69, 9.17) is 4.74 Å². The maximum atomic E-state index is 13.0. The highest BCUT2D eigenvalue weighted by Gasteiger charge is 2.04. The van der Waals surface area contributed by atoms with Crippen LogP contribution in [0.4, 0.5) is 14.5 Å². The van der Waals surface area contributed by atoms with E-state index in [2.05, 4.69) is 5.32 Å². The van der Waals surface area contributed by atoms with Gasteiger partial charge in [-0.25, -0.2) is 8.78 Å². The van der Waals surface area contributed by atoms with Crippen molar-refractivity contribution in [2.45, 2.75) is 0 Å². The molecule has 1 N–H and O–H groups in total. The number of amides is 1. The van der Waals surface area contributed by atoms with Crippen LogP contribution in [-0.4, -0.2) is 13.0 Å². The normalized spacial score (nSPS) is 10.6. The summed E-state index contributed by atoms with van der Waals surface area (Å²) < 4.78 is 30.9. The zero-order valence-electron chi connectivity index (χ0n) is 11.3. The highest BCUT2D eigenvalue weighted by atomic mass is 19.2. The van der Waals surface area contributed by atoms with Gasteiger partial charge >= 0.3 is 0 Å². The summed E-state index contributed by atoms with van der Waals surface area (Å²) in [5, 5.41) is 2.44. The maximum Gasteiger partial charge on any atom is 0.248 e. The first kappa shape index (κ1) is 14.7. The molecule has 2 aromatic rings. The van der Waals surface area contributed by atoms with Crippen molar-refractivity contribution in [3.63, 3.8) is 0 Å². The number of ether oxygens (including phenoxy) is 1. The second kappa shape index (κ2) is 6.65. The van der Waals surface area contributed by atoms with Crippen LogP contribution in [0.5, 0.6) is 5.75 Å². The maximum absolute atomic E-state index is 13.0. The molecule has 0 fully saturated rings. The van der Waals surface area contributed by atoms with Crippen molar-refractivity contribution in [1.82, 2.24) is 0 Å². The fraction of sp³-hybridized carbons (Fsp3) is 0.0625. The molecule has 21 heavy (non-hydrogen) atoms. The summed E-state index contributed by atoms with van der Waals surface area (Å²) in [6.07, 6.45) is 2.87. The number of nitrogens with one attached hydrogen (secondary N) is 1. The number of carbonyl (C=O) groups excluding carboxylic acids is 1. The second-order valence-electron chi connectivity index (χ2n) is 4.19. The van der Waals surface area contributed by atoms with Gasteiger partial charge in [0.25, 0.3) is 0 Å². The Morgan fingerprint density at radius 1 is 1.14 bits per heavy atom. The van der Waals surface area contributed by atoms with Crippen LogP contribution in [0.3, 0.4) is 0 Å². The largest absolute Gasteiger partial charge is 0.496 e. The lowest BCUT2D eigenvalue weighted by atomic mass is 10.2. The Hall–Kier alpha value is -2.69. The lowest BCUT2D eigenvalue weighted by Crippen LogP contribution is -2.08. The molecule has 0 atom stereocenters. The number of hydrogen-bond acceptors (Lipinski definition) is 2. The van der Waals surface area contributed by atoms with Crippen LogP contribution in [0.15, 0.2) is 48.5 Å². The number of benzene rings is 2. The van der Waals surface area contributed by atoms with Crippen LogP contribution in [0.1, 0.15) is 5.56 Å². The minimum atomic E-state index is -1.01. The molecule has 0 radical (unpaired) electrons. The average Bonchev–Trinajstić information content (AvgIpc) is 2.49. The number of para-hydroxylation sites is 1. The smallest absolute Gasteiger partial charge is 0.248 e. The van der Waals surface area contributed by atoms with E-state index in [1.54, 1.807) is 18.2 Å². The summed E-state index contributed by atoms with van der Waals surface area (Å²) >= 11 is 0.